The average Bonchev–Trinajstić information content (AvgIpc) is 3.14. The molecule has 3 aromatic rings. The molecule has 1 N–H and O–H groups in total. The Morgan fingerprint density at radius 3 is 2.54 bits per heavy atom. The van der Waals surface area contributed by atoms with Crippen LogP contribution in [0.25, 0.3) is 11.0 Å². The first-order valence-corrected chi connectivity index (χ1v) is 9.46. The minimum Gasteiger partial charge on any atom is -0.451 e. The van der Waals surface area contributed by atoms with Crippen molar-refractivity contribution in [3.05, 3.63) is 64.9 Å². The summed E-state index contributed by atoms with van der Waals surface area (Å²) in [7, 11) is 2.04. The number of benzene rings is 2. The number of anilines is 1. The number of halogens is 1. The summed E-state index contributed by atoms with van der Waals surface area (Å²) < 4.78 is 5.59. The second-order valence-electron chi connectivity index (χ2n) is 6.89. The Labute approximate surface area is 167 Å². The van der Waals surface area contributed by atoms with Gasteiger partial charge in [-0.15, -0.1) is 0 Å². The number of likely N-dealkylation sites (N-methyl/N-ethyl adjacent to an activating group) is 1. The van der Waals surface area contributed by atoms with Gasteiger partial charge in [-0.2, -0.15) is 0 Å². The number of hydrogen-bond acceptors (Lipinski definition) is 4. The van der Waals surface area contributed by atoms with Crippen LogP contribution in [0.4, 0.5) is 5.69 Å². The second kappa shape index (κ2) is 7.66. The van der Waals surface area contributed by atoms with Gasteiger partial charge < -0.3 is 19.5 Å². The molecule has 144 valence electrons. The van der Waals surface area contributed by atoms with Gasteiger partial charge >= 0.3 is 0 Å². The van der Waals surface area contributed by atoms with E-state index in [1.165, 1.54) is 0 Å². The normalized spacial score (nSPS) is 15.0. The van der Waals surface area contributed by atoms with Crippen molar-refractivity contribution in [2.24, 2.45) is 0 Å². The fraction of sp³-hybridized carbons (Fsp3) is 0.238. The van der Waals surface area contributed by atoms with Gasteiger partial charge in [-0.25, -0.2) is 0 Å². The molecule has 0 radical (unpaired) electrons. The number of fused-ring (bicyclic) bond motifs is 1. The highest BCUT2D eigenvalue weighted by Gasteiger charge is 2.22. The summed E-state index contributed by atoms with van der Waals surface area (Å²) in [5.41, 5.74) is 1.51. The molecule has 7 heteroatoms. The number of carbonyl (C=O) groups is 2. The smallest absolute Gasteiger partial charge is 0.291 e. The first-order chi connectivity index (χ1) is 13.5. The zero-order valence-corrected chi connectivity index (χ0v) is 16.2. The third-order valence-electron chi connectivity index (χ3n) is 4.90. The van der Waals surface area contributed by atoms with Crippen LogP contribution in [0.3, 0.4) is 0 Å². The van der Waals surface area contributed by atoms with Crippen molar-refractivity contribution in [2.75, 3.05) is 38.5 Å². The number of furan rings is 1. The lowest BCUT2D eigenvalue weighted by atomic mass is 10.1. The molecule has 2 heterocycles. The van der Waals surface area contributed by atoms with E-state index in [0.29, 0.717) is 34.9 Å². The lowest BCUT2D eigenvalue weighted by Gasteiger charge is -2.32. The second-order valence-corrected chi connectivity index (χ2v) is 7.30. The number of para-hydroxylation sites is 1. The maximum absolute atomic E-state index is 12.8. The van der Waals surface area contributed by atoms with Gasteiger partial charge in [0.25, 0.3) is 11.8 Å². The fourth-order valence-corrected chi connectivity index (χ4v) is 3.39. The highest BCUT2D eigenvalue weighted by Crippen LogP contribution is 2.26. The predicted octanol–water partition coefficient (Wildman–Crippen LogP) is 3.73. The van der Waals surface area contributed by atoms with Crippen LogP contribution in [0.2, 0.25) is 5.02 Å². The Bertz CT molecular complexity index is 1010. The molecule has 0 spiro atoms. The molecular formula is C21H20ClN3O3. The third-order valence-corrected chi connectivity index (χ3v) is 5.23. The van der Waals surface area contributed by atoms with Gasteiger partial charge in [-0.3, -0.25) is 9.59 Å². The van der Waals surface area contributed by atoms with Gasteiger partial charge in [0.15, 0.2) is 5.76 Å². The van der Waals surface area contributed by atoms with Gasteiger partial charge in [-0.05, 0) is 37.4 Å². The molecule has 4 rings (SSSR count). The van der Waals surface area contributed by atoms with Crippen LogP contribution in [0, 0.1) is 0 Å². The molecule has 1 aromatic heterocycles. The van der Waals surface area contributed by atoms with E-state index in [1.54, 1.807) is 30.3 Å². The standard InChI is InChI=1S/C21H20ClN3O3/c1-24-8-10-25(11-9-24)21(27)15-6-7-16(22)17(12-15)23-20(26)19-13-14-4-2-3-5-18(14)28-19/h2-7,12-13H,8-11H2,1H3,(H,23,26). The van der Waals surface area contributed by atoms with E-state index in [9.17, 15) is 9.59 Å². The Hall–Kier alpha value is -2.83. The summed E-state index contributed by atoms with van der Waals surface area (Å²) in [6.07, 6.45) is 0. The zero-order chi connectivity index (χ0) is 19.7. The van der Waals surface area contributed by atoms with E-state index >= 15 is 0 Å². The number of rotatable bonds is 3. The zero-order valence-electron chi connectivity index (χ0n) is 15.4. The van der Waals surface area contributed by atoms with Crippen LogP contribution in [0.15, 0.2) is 52.9 Å². The van der Waals surface area contributed by atoms with Crippen LogP contribution in [-0.4, -0.2) is 54.8 Å². The number of hydrogen-bond donors (Lipinski definition) is 1. The molecule has 6 nitrogen and oxygen atoms in total. The summed E-state index contributed by atoms with van der Waals surface area (Å²) in [6.45, 7) is 3.04. The molecule has 0 bridgehead atoms. The van der Waals surface area contributed by atoms with E-state index in [-0.39, 0.29) is 11.7 Å². The summed E-state index contributed by atoms with van der Waals surface area (Å²) in [6, 6.07) is 14.0. The van der Waals surface area contributed by atoms with Crippen molar-refractivity contribution in [1.82, 2.24) is 9.80 Å². The third kappa shape index (κ3) is 3.74. The fourth-order valence-electron chi connectivity index (χ4n) is 3.22. The summed E-state index contributed by atoms with van der Waals surface area (Å²) in [5.74, 6) is -0.292. The van der Waals surface area contributed by atoms with Crippen LogP contribution < -0.4 is 5.32 Å². The van der Waals surface area contributed by atoms with Crippen LogP contribution >= 0.6 is 11.6 Å². The van der Waals surface area contributed by atoms with Crippen molar-refractivity contribution in [1.29, 1.82) is 0 Å². The summed E-state index contributed by atoms with van der Waals surface area (Å²) in [5, 5.41) is 3.95. The van der Waals surface area contributed by atoms with E-state index in [0.717, 1.165) is 18.5 Å². The highest BCUT2D eigenvalue weighted by molar-refractivity contribution is 6.34. The van der Waals surface area contributed by atoms with Crippen molar-refractivity contribution < 1.29 is 14.0 Å². The quantitative estimate of drug-likeness (QED) is 0.731. The van der Waals surface area contributed by atoms with E-state index in [2.05, 4.69) is 10.2 Å². The Balaban J connectivity index is 1.53. The van der Waals surface area contributed by atoms with Crippen LogP contribution in [0.5, 0.6) is 0 Å². The van der Waals surface area contributed by atoms with Gasteiger partial charge in [-0.1, -0.05) is 29.8 Å². The molecule has 0 atom stereocenters. The molecule has 1 saturated heterocycles. The molecule has 28 heavy (non-hydrogen) atoms. The number of piperazine rings is 1. The molecule has 1 fully saturated rings. The largest absolute Gasteiger partial charge is 0.451 e. The first-order valence-electron chi connectivity index (χ1n) is 9.08. The SMILES string of the molecule is CN1CCN(C(=O)c2ccc(Cl)c(NC(=O)c3cc4ccccc4o3)c2)CC1. The maximum atomic E-state index is 12.8. The van der Waals surface area contributed by atoms with Gasteiger partial charge in [0.2, 0.25) is 0 Å². The van der Waals surface area contributed by atoms with E-state index in [1.807, 2.05) is 30.1 Å². The average molecular weight is 398 g/mol. The highest BCUT2D eigenvalue weighted by atomic mass is 35.5. The molecule has 2 aromatic carbocycles. The minimum absolute atomic E-state index is 0.0657. The molecule has 1 aliphatic rings. The topological polar surface area (TPSA) is 65.8 Å². The number of nitrogens with zero attached hydrogens (tertiary/aromatic N) is 2. The summed E-state index contributed by atoms with van der Waals surface area (Å²) in [4.78, 5) is 29.4. The van der Waals surface area contributed by atoms with Gasteiger partial charge in [0.05, 0.1) is 10.7 Å². The van der Waals surface area contributed by atoms with Crippen molar-refractivity contribution in [3.63, 3.8) is 0 Å². The number of amides is 2. The molecule has 0 unspecified atom stereocenters. The van der Waals surface area contributed by atoms with E-state index in [4.69, 9.17) is 16.0 Å². The van der Waals surface area contributed by atoms with Crippen molar-refractivity contribution in [3.8, 4) is 0 Å². The Morgan fingerprint density at radius 1 is 1.04 bits per heavy atom. The van der Waals surface area contributed by atoms with Crippen LogP contribution in [-0.2, 0) is 0 Å². The van der Waals surface area contributed by atoms with Crippen molar-refractivity contribution in [2.45, 2.75) is 0 Å². The maximum Gasteiger partial charge on any atom is 0.291 e. The summed E-state index contributed by atoms with van der Waals surface area (Å²) >= 11 is 6.24. The Morgan fingerprint density at radius 2 is 1.79 bits per heavy atom. The molecular weight excluding hydrogens is 378 g/mol. The lowest BCUT2D eigenvalue weighted by Crippen LogP contribution is -2.47. The van der Waals surface area contributed by atoms with Crippen molar-refractivity contribution >= 4 is 40.1 Å². The minimum atomic E-state index is -0.415. The lowest BCUT2D eigenvalue weighted by molar-refractivity contribution is 0.0664. The number of nitrogens with one attached hydrogen (secondary N) is 1. The first kappa shape index (κ1) is 18.5. The monoisotopic (exact) mass is 397 g/mol. The Kier molecular flexibility index (Phi) is 5.07. The molecule has 2 amide bonds. The van der Waals surface area contributed by atoms with Gasteiger partial charge in [0.1, 0.15) is 5.58 Å². The van der Waals surface area contributed by atoms with Crippen LogP contribution in [0.1, 0.15) is 20.9 Å². The van der Waals surface area contributed by atoms with Gasteiger partial charge in [0, 0.05) is 37.1 Å². The molecule has 0 aliphatic carbocycles. The predicted molar refractivity (Wildman–Crippen MR) is 109 cm³/mol. The van der Waals surface area contributed by atoms with E-state index < -0.39 is 5.91 Å². The number of carbonyl (C=O) groups excluding carboxylic acids is 2. The molecule has 1 aliphatic heterocycles. The molecule has 0 saturated carbocycles.